The molecule has 4 heteroatoms. The second kappa shape index (κ2) is 3.93. The van der Waals surface area contributed by atoms with Gasteiger partial charge in [-0.3, -0.25) is 4.79 Å². The van der Waals surface area contributed by atoms with E-state index in [-0.39, 0.29) is 5.78 Å². The molecule has 4 rings (SSSR count). The second-order valence-electron chi connectivity index (χ2n) is 4.80. The van der Waals surface area contributed by atoms with Crippen molar-refractivity contribution in [3.8, 4) is 11.3 Å². The number of carbonyl (C=O) groups is 1. The lowest BCUT2D eigenvalue weighted by atomic mass is 9.87. The quantitative estimate of drug-likeness (QED) is 0.602. The summed E-state index contributed by atoms with van der Waals surface area (Å²) in [4.78, 5) is 12.8. The summed E-state index contributed by atoms with van der Waals surface area (Å²) in [5.41, 5.74) is 3.72. The maximum absolute atomic E-state index is 12.8. The lowest BCUT2D eigenvalue weighted by Crippen LogP contribution is -2.12. The van der Waals surface area contributed by atoms with Gasteiger partial charge in [0.05, 0.1) is 10.9 Å². The maximum atomic E-state index is 12.8. The Balaban J connectivity index is 2.15. The van der Waals surface area contributed by atoms with Gasteiger partial charge in [0.1, 0.15) is 5.52 Å². The number of nitrogens with zero attached hydrogens (tertiary/aromatic N) is 1. The topological polar surface area (TPSA) is 55.1 Å². The van der Waals surface area contributed by atoms with Gasteiger partial charge in [-0.25, -0.2) is 0 Å². The highest BCUT2D eigenvalue weighted by Crippen LogP contribution is 2.41. The minimum Gasteiger partial charge on any atom is -0.385 e. The summed E-state index contributed by atoms with van der Waals surface area (Å²) in [6.45, 7) is 2.76. The van der Waals surface area contributed by atoms with Crippen LogP contribution < -0.4 is 5.32 Å². The Kier molecular flexibility index (Phi) is 2.21. The summed E-state index contributed by atoms with van der Waals surface area (Å²) in [7, 11) is 0. The normalized spacial score (nSPS) is 12.6. The minimum absolute atomic E-state index is 0.0258. The molecule has 4 nitrogen and oxygen atoms in total. The summed E-state index contributed by atoms with van der Waals surface area (Å²) in [6.07, 6.45) is 0. The van der Waals surface area contributed by atoms with Crippen LogP contribution in [0.15, 0.2) is 40.9 Å². The first-order chi connectivity index (χ1) is 9.81. The van der Waals surface area contributed by atoms with Crippen molar-refractivity contribution in [1.82, 2.24) is 5.16 Å². The molecule has 2 aromatic carbocycles. The highest BCUT2D eigenvalue weighted by molar-refractivity contribution is 6.27. The molecule has 0 radical (unpaired) electrons. The molecule has 0 spiro atoms. The molecular formula is C16H12N2O2. The summed E-state index contributed by atoms with van der Waals surface area (Å²) in [5, 5.41) is 8.12. The molecule has 1 N–H and O–H groups in total. The summed E-state index contributed by atoms with van der Waals surface area (Å²) in [5.74, 6) is 0.711. The SMILES string of the molecule is CCNc1ccc2noc3c2c1C(=O)c1ccccc1-3. The standard InChI is InChI=1S/C16H12N2O2/c1-2-17-11-7-8-12-14-13(11)15(19)9-5-3-4-6-10(9)16(14)20-18-12/h3-8,17H,2H2,1H3. The highest BCUT2D eigenvalue weighted by Gasteiger charge is 2.30. The van der Waals surface area contributed by atoms with Crippen LogP contribution in [0.3, 0.4) is 0 Å². The number of rotatable bonds is 2. The number of fused-ring (bicyclic) bond motifs is 2. The zero-order chi connectivity index (χ0) is 13.7. The van der Waals surface area contributed by atoms with E-state index in [0.29, 0.717) is 16.9 Å². The third kappa shape index (κ3) is 1.30. The van der Waals surface area contributed by atoms with Crippen molar-refractivity contribution in [3.05, 3.63) is 47.5 Å². The van der Waals surface area contributed by atoms with Gasteiger partial charge in [-0.15, -0.1) is 0 Å². The van der Waals surface area contributed by atoms with Crippen molar-refractivity contribution in [2.24, 2.45) is 0 Å². The van der Waals surface area contributed by atoms with Gasteiger partial charge >= 0.3 is 0 Å². The van der Waals surface area contributed by atoms with E-state index in [1.165, 1.54) is 0 Å². The molecule has 0 amide bonds. The molecule has 98 valence electrons. The zero-order valence-electron chi connectivity index (χ0n) is 10.9. The molecule has 0 fully saturated rings. The molecule has 1 aromatic heterocycles. The van der Waals surface area contributed by atoms with Crippen LogP contribution in [0.1, 0.15) is 22.8 Å². The third-order valence-electron chi connectivity index (χ3n) is 3.66. The summed E-state index contributed by atoms with van der Waals surface area (Å²) >= 11 is 0. The summed E-state index contributed by atoms with van der Waals surface area (Å²) in [6, 6.07) is 11.3. The van der Waals surface area contributed by atoms with Gasteiger partial charge in [-0.2, -0.15) is 0 Å². The monoisotopic (exact) mass is 264 g/mol. The minimum atomic E-state index is 0.0258. The number of benzene rings is 2. The van der Waals surface area contributed by atoms with Crippen molar-refractivity contribution in [3.63, 3.8) is 0 Å². The van der Waals surface area contributed by atoms with Crippen molar-refractivity contribution in [2.75, 3.05) is 11.9 Å². The number of ketones is 1. The molecular weight excluding hydrogens is 252 g/mol. The zero-order valence-corrected chi connectivity index (χ0v) is 10.9. The molecule has 1 heterocycles. The molecule has 20 heavy (non-hydrogen) atoms. The average Bonchev–Trinajstić information content (AvgIpc) is 2.90. The van der Waals surface area contributed by atoms with Crippen LogP contribution in [-0.2, 0) is 0 Å². The van der Waals surface area contributed by atoms with Gasteiger partial charge < -0.3 is 9.84 Å². The lowest BCUT2D eigenvalue weighted by molar-refractivity contribution is 0.104. The first-order valence-corrected chi connectivity index (χ1v) is 6.61. The van der Waals surface area contributed by atoms with E-state index >= 15 is 0 Å². The van der Waals surface area contributed by atoms with Crippen molar-refractivity contribution in [1.29, 1.82) is 0 Å². The average molecular weight is 264 g/mol. The molecule has 0 saturated carbocycles. The molecule has 0 unspecified atom stereocenters. The number of carbonyl (C=O) groups excluding carboxylic acids is 1. The molecule has 1 aliphatic carbocycles. The van der Waals surface area contributed by atoms with E-state index in [9.17, 15) is 4.79 Å². The lowest BCUT2D eigenvalue weighted by Gasteiger charge is -2.17. The predicted octanol–water partition coefficient (Wildman–Crippen LogP) is 3.47. The van der Waals surface area contributed by atoms with Gasteiger partial charge in [0, 0.05) is 23.4 Å². The van der Waals surface area contributed by atoms with E-state index < -0.39 is 0 Å². The van der Waals surface area contributed by atoms with Crippen LogP contribution in [0.4, 0.5) is 5.69 Å². The molecule has 1 aliphatic rings. The van der Waals surface area contributed by atoms with Gasteiger partial charge in [-0.1, -0.05) is 29.4 Å². The number of anilines is 1. The van der Waals surface area contributed by atoms with Gasteiger partial charge in [0.2, 0.25) is 0 Å². The number of hydrogen-bond donors (Lipinski definition) is 1. The fraction of sp³-hybridized carbons (Fsp3) is 0.125. The van der Waals surface area contributed by atoms with E-state index in [2.05, 4.69) is 10.5 Å². The number of hydrogen-bond acceptors (Lipinski definition) is 4. The van der Waals surface area contributed by atoms with Crippen molar-refractivity contribution >= 4 is 22.4 Å². The van der Waals surface area contributed by atoms with E-state index in [1.54, 1.807) is 0 Å². The molecule has 0 bridgehead atoms. The number of nitrogens with one attached hydrogen (secondary N) is 1. The van der Waals surface area contributed by atoms with Crippen LogP contribution in [0.25, 0.3) is 22.2 Å². The van der Waals surface area contributed by atoms with Crippen LogP contribution in [0, 0.1) is 0 Å². The smallest absolute Gasteiger partial charge is 0.196 e. The predicted molar refractivity (Wildman–Crippen MR) is 77.0 cm³/mol. The first kappa shape index (κ1) is 11.2. The van der Waals surface area contributed by atoms with Crippen LogP contribution >= 0.6 is 0 Å². The molecule has 0 atom stereocenters. The van der Waals surface area contributed by atoms with Crippen molar-refractivity contribution < 1.29 is 9.32 Å². The van der Waals surface area contributed by atoms with E-state index in [1.807, 2.05) is 43.3 Å². The summed E-state index contributed by atoms with van der Waals surface area (Å²) < 4.78 is 5.47. The van der Waals surface area contributed by atoms with Gasteiger partial charge in [-0.05, 0) is 19.1 Å². The van der Waals surface area contributed by atoms with E-state index in [4.69, 9.17) is 4.52 Å². The van der Waals surface area contributed by atoms with Crippen LogP contribution in [0.5, 0.6) is 0 Å². The Bertz CT molecular complexity index is 849. The molecule has 0 aliphatic heterocycles. The Morgan fingerprint density at radius 2 is 1.95 bits per heavy atom. The van der Waals surface area contributed by atoms with Crippen LogP contribution in [0.2, 0.25) is 0 Å². The first-order valence-electron chi connectivity index (χ1n) is 6.61. The fourth-order valence-electron chi connectivity index (χ4n) is 2.81. The van der Waals surface area contributed by atoms with Crippen molar-refractivity contribution in [2.45, 2.75) is 6.92 Å². The fourth-order valence-corrected chi connectivity index (χ4v) is 2.81. The molecule has 3 aromatic rings. The highest BCUT2D eigenvalue weighted by atomic mass is 16.5. The second-order valence-corrected chi connectivity index (χ2v) is 4.80. The third-order valence-corrected chi connectivity index (χ3v) is 3.66. The van der Waals surface area contributed by atoms with Crippen LogP contribution in [-0.4, -0.2) is 17.5 Å². The molecule has 0 saturated heterocycles. The Hall–Kier alpha value is -2.62. The largest absolute Gasteiger partial charge is 0.385 e. The van der Waals surface area contributed by atoms with E-state index in [0.717, 1.165) is 28.7 Å². The Labute approximate surface area is 115 Å². The van der Waals surface area contributed by atoms with Gasteiger partial charge in [0.15, 0.2) is 11.5 Å². The Morgan fingerprint density at radius 3 is 2.75 bits per heavy atom. The maximum Gasteiger partial charge on any atom is 0.196 e. The Morgan fingerprint density at radius 1 is 1.15 bits per heavy atom. The number of aromatic nitrogens is 1. The van der Waals surface area contributed by atoms with Gasteiger partial charge in [0.25, 0.3) is 0 Å².